The molecule has 1 unspecified atom stereocenters. The molecule has 28 heavy (non-hydrogen) atoms. The second-order valence-electron chi connectivity index (χ2n) is 7.63. The molecular formula is C22H27N3O3. The second kappa shape index (κ2) is 6.93. The monoisotopic (exact) mass is 381 g/mol. The number of amides is 1. The Morgan fingerprint density at radius 3 is 2.50 bits per heavy atom. The molecular weight excluding hydrogens is 354 g/mol. The average molecular weight is 381 g/mol. The first-order valence-corrected chi connectivity index (χ1v) is 9.64. The highest BCUT2D eigenvalue weighted by Gasteiger charge is 2.35. The maximum atomic E-state index is 13.7. The maximum absolute atomic E-state index is 13.7. The molecule has 3 heterocycles. The van der Waals surface area contributed by atoms with Crippen molar-refractivity contribution in [3.05, 3.63) is 47.9 Å². The number of aromatic nitrogens is 2. The van der Waals surface area contributed by atoms with Crippen LogP contribution in [-0.2, 0) is 13.6 Å². The van der Waals surface area contributed by atoms with Crippen LogP contribution in [0.25, 0.3) is 10.9 Å². The molecule has 0 radical (unpaired) electrons. The third-order valence-corrected chi connectivity index (χ3v) is 5.75. The van der Waals surface area contributed by atoms with Crippen molar-refractivity contribution in [1.82, 2.24) is 14.0 Å². The van der Waals surface area contributed by atoms with E-state index in [1.54, 1.807) is 14.2 Å². The van der Waals surface area contributed by atoms with E-state index in [1.807, 2.05) is 34.7 Å². The van der Waals surface area contributed by atoms with Crippen LogP contribution in [-0.4, -0.2) is 40.7 Å². The Morgan fingerprint density at radius 1 is 1.11 bits per heavy atom. The lowest BCUT2D eigenvalue weighted by Crippen LogP contribution is -2.44. The summed E-state index contributed by atoms with van der Waals surface area (Å²) in [6.07, 6.45) is 2.10. The number of carbonyl (C=O) groups is 1. The predicted molar refractivity (Wildman–Crippen MR) is 109 cm³/mol. The van der Waals surface area contributed by atoms with Crippen LogP contribution in [0, 0.1) is 5.92 Å². The van der Waals surface area contributed by atoms with Gasteiger partial charge in [0.1, 0.15) is 17.2 Å². The van der Waals surface area contributed by atoms with Crippen molar-refractivity contribution in [2.75, 3.05) is 20.8 Å². The Balaban J connectivity index is 1.82. The van der Waals surface area contributed by atoms with Crippen molar-refractivity contribution in [2.45, 2.75) is 26.4 Å². The fourth-order valence-corrected chi connectivity index (χ4v) is 4.45. The summed E-state index contributed by atoms with van der Waals surface area (Å²) in [7, 11) is 5.20. The molecule has 1 aromatic carbocycles. The van der Waals surface area contributed by atoms with Gasteiger partial charge in [0.05, 0.1) is 25.8 Å². The van der Waals surface area contributed by atoms with E-state index in [0.717, 1.165) is 28.9 Å². The Labute approximate surface area is 165 Å². The smallest absolute Gasteiger partial charge is 0.271 e. The Morgan fingerprint density at radius 2 is 1.82 bits per heavy atom. The number of benzene rings is 1. The first-order valence-electron chi connectivity index (χ1n) is 9.64. The maximum Gasteiger partial charge on any atom is 0.271 e. The Bertz CT molecular complexity index is 1030. The number of hydrogen-bond acceptors (Lipinski definition) is 3. The third-order valence-electron chi connectivity index (χ3n) is 5.75. The lowest BCUT2D eigenvalue weighted by Gasteiger charge is -2.39. The largest absolute Gasteiger partial charge is 0.496 e. The zero-order valence-corrected chi connectivity index (χ0v) is 17.1. The van der Waals surface area contributed by atoms with Gasteiger partial charge in [-0.3, -0.25) is 4.79 Å². The van der Waals surface area contributed by atoms with Crippen LogP contribution in [0.5, 0.6) is 11.5 Å². The summed E-state index contributed by atoms with van der Waals surface area (Å²) in [5, 5.41) is 0.884. The van der Waals surface area contributed by atoms with Crippen molar-refractivity contribution in [2.24, 2.45) is 13.0 Å². The number of aryl methyl sites for hydroxylation is 1. The molecule has 2 aromatic heterocycles. The molecule has 1 amide bonds. The van der Waals surface area contributed by atoms with Gasteiger partial charge >= 0.3 is 0 Å². The van der Waals surface area contributed by atoms with Gasteiger partial charge in [-0.15, -0.1) is 0 Å². The lowest BCUT2D eigenvalue weighted by atomic mass is 9.96. The molecule has 6 nitrogen and oxygen atoms in total. The van der Waals surface area contributed by atoms with Gasteiger partial charge in [0.25, 0.3) is 5.91 Å². The molecule has 0 spiro atoms. The standard InChI is InChI=1S/C22H27N3O3/c1-14(2)20-16-7-6-10-24(16)11-12-25(20)22(26)17-13-15-18(27-4)8-9-19(28-5)21(15)23(17)3/h6-10,13-14,20H,11-12H2,1-5H3. The zero-order chi connectivity index (χ0) is 20.0. The van der Waals surface area contributed by atoms with Crippen LogP contribution < -0.4 is 9.47 Å². The summed E-state index contributed by atoms with van der Waals surface area (Å²) in [5.41, 5.74) is 2.71. The summed E-state index contributed by atoms with van der Waals surface area (Å²) in [4.78, 5) is 15.7. The summed E-state index contributed by atoms with van der Waals surface area (Å²) < 4.78 is 15.2. The first kappa shape index (κ1) is 18.5. The minimum atomic E-state index is 0.0361. The van der Waals surface area contributed by atoms with E-state index in [9.17, 15) is 4.79 Å². The number of carbonyl (C=O) groups excluding carboxylic acids is 1. The molecule has 0 saturated heterocycles. The van der Waals surface area contributed by atoms with Gasteiger partial charge in [0.2, 0.25) is 0 Å². The third kappa shape index (κ3) is 2.66. The SMILES string of the molecule is COc1ccc(OC)c2c1cc(C(=O)N1CCn3cccc3C1C(C)C)n2C. The van der Waals surface area contributed by atoms with Crippen LogP contribution in [0.1, 0.15) is 36.1 Å². The van der Waals surface area contributed by atoms with Gasteiger partial charge in [-0.1, -0.05) is 13.8 Å². The molecule has 1 aliphatic heterocycles. The van der Waals surface area contributed by atoms with Gasteiger partial charge in [-0.05, 0) is 36.2 Å². The average Bonchev–Trinajstić information content (AvgIpc) is 3.30. The number of methoxy groups -OCH3 is 2. The zero-order valence-electron chi connectivity index (χ0n) is 17.1. The molecule has 0 saturated carbocycles. The van der Waals surface area contributed by atoms with Crippen LogP contribution in [0.3, 0.4) is 0 Å². The first-order chi connectivity index (χ1) is 13.5. The highest BCUT2D eigenvalue weighted by Crippen LogP contribution is 2.38. The van der Waals surface area contributed by atoms with Crippen molar-refractivity contribution in [1.29, 1.82) is 0 Å². The quantitative estimate of drug-likeness (QED) is 0.690. The summed E-state index contributed by atoms with van der Waals surface area (Å²) in [6.45, 7) is 5.84. The van der Waals surface area contributed by atoms with Crippen molar-refractivity contribution in [3.63, 3.8) is 0 Å². The highest BCUT2D eigenvalue weighted by atomic mass is 16.5. The topological polar surface area (TPSA) is 48.6 Å². The Kier molecular flexibility index (Phi) is 4.57. The summed E-state index contributed by atoms with van der Waals surface area (Å²) in [5.74, 6) is 1.81. The predicted octanol–water partition coefficient (Wildman–Crippen LogP) is 3.85. The van der Waals surface area contributed by atoms with Crippen molar-refractivity contribution >= 4 is 16.8 Å². The number of nitrogens with zero attached hydrogens (tertiary/aromatic N) is 3. The molecule has 3 aromatic rings. The molecule has 0 aliphatic carbocycles. The molecule has 6 heteroatoms. The number of hydrogen-bond donors (Lipinski definition) is 0. The normalized spacial score (nSPS) is 16.5. The van der Waals surface area contributed by atoms with Crippen molar-refractivity contribution in [3.8, 4) is 11.5 Å². The molecule has 0 N–H and O–H groups in total. The molecule has 0 fully saturated rings. The van der Waals surface area contributed by atoms with E-state index in [-0.39, 0.29) is 11.9 Å². The van der Waals surface area contributed by atoms with Crippen LogP contribution >= 0.6 is 0 Å². The van der Waals surface area contributed by atoms with Crippen LogP contribution in [0.15, 0.2) is 36.5 Å². The number of fused-ring (bicyclic) bond motifs is 2. The Hall–Kier alpha value is -2.89. The molecule has 0 bridgehead atoms. The van der Waals surface area contributed by atoms with E-state index >= 15 is 0 Å². The molecule has 1 atom stereocenters. The fourth-order valence-electron chi connectivity index (χ4n) is 4.45. The van der Waals surface area contributed by atoms with E-state index in [1.165, 1.54) is 5.69 Å². The summed E-state index contributed by atoms with van der Waals surface area (Å²) >= 11 is 0. The minimum Gasteiger partial charge on any atom is -0.496 e. The number of rotatable bonds is 4. The molecule has 148 valence electrons. The molecule has 1 aliphatic rings. The van der Waals surface area contributed by atoms with Crippen molar-refractivity contribution < 1.29 is 14.3 Å². The van der Waals surface area contributed by atoms with E-state index < -0.39 is 0 Å². The van der Waals surface area contributed by atoms with Gasteiger partial charge in [0.15, 0.2) is 0 Å². The van der Waals surface area contributed by atoms with Gasteiger partial charge in [0, 0.05) is 37.4 Å². The second-order valence-corrected chi connectivity index (χ2v) is 7.63. The highest BCUT2D eigenvalue weighted by molar-refractivity contribution is 6.02. The number of ether oxygens (including phenoxy) is 2. The van der Waals surface area contributed by atoms with Gasteiger partial charge < -0.3 is 23.5 Å². The lowest BCUT2D eigenvalue weighted by molar-refractivity contribution is 0.0547. The van der Waals surface area contributed by atoms with Crippen LogP contribution in [0.2, 0.25) is 0 Å². The van der Waals surface area contributed by atoms with E-state index in [2.05, 4.69) is 36.7 Å². The van der Waals surface area contributed by atoms with E-state index in [0.29, 0.717) is 18.2 Å². The minimum absolute atomic E-state index is 0.0361. The summed E-state index contributed by atoms with van der Waals surface area (Å²) in [6, 6.07) is 9.91. The van der Waals surface area contributed by atoms with Gasteiger partial charge in [-0.2, -0.15) is 0 Å². The van der Waals surface area contributed by atoms with Gasteiger partial charge in [-0.25, -0.2) is 0 Å². The molecule has 4 rings (SSSR count). The van der Waals surface area contributed by atoms with E-state index in [4.69, 9.17) is 9.47 Å². The fraction of sp³-hybridized carbons (Fsp3) is 0.409. The van der Waals surface area contributed by atoms with Crippen LogP contribution in [0.4, 0.5) is 0 Å².